The second kappa shape index (κ2) is 3.90. The van der Waals surface area contributed by atoms with E-state index in [-0.39, 0.29) is 5.78 Å². The predicted octanol–water partition coefficient (Wildman–Crippen LogP) is 0.250. The van der Waals surface area contributed by atoms with Crippen LogP contribution in [0.2, 0.25) is 0 Å². The van der Waals surface area contributed by atoms with Crippen LogP contribution in [-0.2, 0) is 9.59 Å². The zero-order valence-electron chi connectivity index (χ0n) is 6.69. The van der Waals surface area contributed by atoms with Gasteiger partial charge >= 0.3 is 5.97 Å². The van der Waals surface area contributed by atoms with Crippen LogP contribution in [0.1, 0.15) is 12.8 Å². The fourth-order valence-corrected chi connectivity index (χ4v) is 1.09. The van der Waals surface area contributed by atoms with E-state index in [1.54, 1.807) is 0 Å². The number of carbonyl (C=O) groups excluding carboxylic acids is 1. The molecular weight excluding hydrogens is 158 g/mol. The van der Waals surface area contributed by atoms with E-state index in [2.05, 4.69) is 0 Å². The van der Waals surface area contributed by atoms with Crippen molar-refractivity contribution in [2.45, 2.75) is 12.8 Å². The summed E-state index contributed by atoms with van der Waals surface area (Å²) in [6.45, 7) is 1.28. The molecule has 4 heteroatoms. The van der Waals surface area contributed by atoms with Gasteiger partial charge in [-0.1, -0.05) is 0 Å². The summed E-state index contributed by atoms with van der Waals surface area (Å²) in [6.07, 6.45) is 3.68. The van der Waals surface area contributed by atoms with Crippen LogP contribution in [-0.4, -0.2) is 34.8 Å². The number of carboxylic acids is 1. The summed E-state index contributed by atoms with van der Waals surface area (Å²) in [4.78, 5) is 22.7. The molecule has 0 aromatic carbocycles. The predicted molar refractivity (Wildman–Crippen MR) is 42.6 cm³/mol. The van der Waals surface area contributed by atoms with Crippen molar-refractivity contribution in [1.29, 1.82) is 0 Å². The lowest BCUT2D eigenvalue weighted by molar-refractivity contribution is -0.131. The Morgan fingerprint density at radius 2 is 2.00 bits per heavy atom. The number of hydrogen-bond acceptors (Lipinski definition) is 3. The van der Waals surface area contributed by atoms with E-state index in [9.17, 15) is 9.59 Å². The van der Waals surface area contributed by atoms with Crippen molar-refractivity contribution in [3.05, 3.63) is 12.3 Å². The van der Waals surface area contributed by atoms with E-state index in [1.807, 2.05) is 4.90 Å². The summed E-state index contributed by atoms with van der Waals surface area (Å²) >= 11 is 0. The molecule has 12 heavy (non-hydrogen) atoms. The topological polar surface area (TPSA) is 57.6 Å². The minimum absolute atomic E-state index is 0.259. The lowest BCUT2D eigenvalue weighted by atomic mass is 10.1. The Morgan fingerprint density at radius 1 is 1.42 bits per heavy atom. The molecule has 4 nitrogen and oxygen atoms in total. The maximum Gasteiger partial charge on any atom is 0.329 e. The maximum absolute atomic E-state index is 10.8. The second-order valence-corrected chi connectivity index (χ2v) is 2.73. The van der Waals surface area contributed by atoms with Crippen molar-refractivity contribution >= 4 is 11.8 Å². The van der Waals surface area contributed by atoms with E-state index in [4.69, 9.17) is 5.11 Å². The van der Waals surface area contributed by atoms with Crippen LogP contribution in [0.5, 0.6) is 0 Å². The lowest BCUT2D eigenvalue weighted by Gasteiger charge is -2.23. The van der Waals surface area contributed by atoms with Gasteiger partial charge < -0.3 is 10.0 Å². The van der Waals surface area contributed by atoms with Gasteiger partial charge in [-0.2, -0.15) is 0 Å². The van der Waals surface area contributed by atoms with Crippen LogP contribution in [0.15, 0.2) is 12.3 Å². The molecule has 1 rings (SSSR count). The van der Waals surface area contributed by atoms with Crippen molar-refractivity contribution in [3.63, 3.8) is 0 Å². The van der Waals surface area contributed by atoms with Gasteiger partial charge in [0.25, 0.3) is 0 Å². The van der Waals surface area contributed by atoms with E-state index in [0.717, 1.165) is 6.08 Å². The lowest BCUT2D eigenvalue weighted by Crippen LogP contribution is -2.29. The number of likely N-dealkylation sites (tertiary alicyclic amines) is 1. The normalized spacial score (nSPS) is 18.7. The molecule has 1 saturated heterocycles. The molecule has 0 aromatic rings. The van der Waals surface area contributed by atoms with Crippen LogP contribution in [0.4, 0.5) is 0 Å². The van der Waals surface area contributed by atoms with Crippen molar-refractivity contribution in [3.8, 4) is 0 Å². The van der Waals surface area contributed by atoms with Gasteiger partial charge in [0.05, 0.1) is 0 Å². The zero-order valence-corrected chi connectivity index (χ0v) is 6.69. The molecule has 1 fully saturated rings. The Labute approximate surface area is 70.5 Å². The number of piperidine rings is 1. The molecule has 0 spiro atoms. The molecule has 0 aliphatic carbocycles. The third-order valence-corrected chi connectivity index (χ3v) is 1.78. The SMILES string of the molecule is O=C(O)C=CN1CCC(=O)CC1. The third kappa shape index (κ3) is 2.74. The molecule has 0 amide bonds. The molecule has 0 bridgehead atoms. The number of carboxylic acid groups (broad SMARTS) is 1. The van der Waals surface area contributed by atoms with Gasteiger partial charge in [-0.25, -0.2) is 4.79 Å². The van der Waals surface area contributed by atoms with Crippen molar-refractivity contribution in [2.24, 2.45) is 0 Å². The maximum atomic E-state index is 10.8. The Morgan fingerprint density at radius 3 is 2.50 bits per heavy atom. The van der Waals surface area contributed by atoms with Crippen LogP contribution in [0, 0.1) is 0 Å². The monoisotopic (exact) mass is 169 g/mol. The zero-order chi connectivity index (χ0) is 8.97. The highest BCUT2D eigenvalue weighted by molar-refractivity contribution is 5.80. The standard InChI is InChI=1S/C8H11NO3/c10-7-1-4-9(5-2-7)6-3-8(11)12/h3,6H,1-2,4-5H2,(H,11,12). The largest absolute Gasteiger partial charge is 0.478 e. The third-order valence-electron chi connectivity index (χ3n) is 1.78. The number of nitrogens with zero attached hydrogens (tertiary/aromatic N) is 1. The molecule has 1 aliphatic rings. The average molecular weight is 169 g/mol. The first-order valence-electron chi connectivity index (χ1n) is 3.85. The highest BCUT2D eigenvalue weighted by Crippen LogP contribution is 2.05. The van der Waals surface area contributed by atoms with E-state index >= 15 is 0 Å². The molecule has 66 valence electrons. The number of rotatable bonds is 2. The second-order valence-electron chi connectivity index (χ2n) is 2.73. The van der Waals surface area contributed by atoms with Gasteiger partial charge in [0.1, 0.15) is 5.78 Å². The molecule has 1 aliphatic heterocycles. The van der Waals surface area contributed by atoms with Crippen LogP contribution in [0.25, 0.3) is 0 Å². The minimum atomic E-state index is -0.952. The summed E-state index contributed by atoms with van der Waals surface area (Å²) in [7, 11) is 0. The van der Waals surface area contributed by atoms with Crippen molar-refractivity contribution in [2.75, 3.05) is 13.1 Å². The van der Waals surface area contributed by atoms with Crippen LogP contribution < -0.4 is 0 Å². The fraction of sp³-hybridized carbons (Fsp3) is 0.500. The summed E-state index contributed by atoms with van der Waals surface area (Å²) in [5.41, 5.74) is 0. The highest BCUT2D eigenvalue weighted by Gasteiger charge is 2.12. The van der Waals surface area contributed by atoms with Gasteiger partial charge in [0.2, 0.25) is 0 Å². The molecule has 1 heterocycles. The number of aliphatic carboxylic acids is 1. The summed E-state index contributed by atoms with van der Waals surface area (Å²) in [6, 6.07) is 0. The number of Topliss-reactive ketones (excluding diaryl/α,β-unsaturated/α-hetero) is 1. The van der Waals surface area contributed by atoms with E-state index in [0.29, 0.717) is 25.9 Å². The quantitative estimate of drug-likeness (QED) is 0.602. The Bertz CT molecular complexity index is 212. The Balaban J connectivity index is 2.35. The van der Waals surface area contributed by atoms with E-state index < -0.39 is 5.97 Å². The fourth-order valence-electron chi connectivity index (χ4n) is 1.09. The molecule has 0 radical (unpaired) electrons. The van der Waals surface area contributed by atoms with Crippen LogP contribution in [0.3, 0.4) is 0 Å². The van der Waals surface area contributed by atoms with E-state index in [1.165, 1.54) is 6.20 Å². The molecule has 0 unspecified atom stereocenters. The molecule has 1 N–H and O–H groups in total. The molecule has 0 saturated carbocycles. The smallest absolute Gasteiger partial charge is 0.329 e. The van der Waals surface area contributed by atoms with Gasteiger partial charge in [-0.05, 0) is 0 Å². The van der Waals surface area contributed by atoms with Crippen molar-refractivity contribution < 1.29 is 14.7 Å². The van der Waals surface area contributed by atoms with Crippen LogP contribution >= 0.6 is 0 Å². The first-order chi connectivity index (χ1) is 5.68. The molecule has 0 atom stereocenters. The number of carbonyl (C=O) groups is 2. The average Bonchev–Trinajstić information content (AvgIpc) is 2.03. The molecule has 0 aromatic heterocycles. The minimum Gasteiger partial charge on any atom is -0.478 e. The van der Waals surface area contributed by atoms with Gasteiger partial charge in [0, 0.05) is 38.2 Å². The Kier molecular flexibility index (Phi) is 2.85. The molecular formula is C8H11NO3. The van der Waals surface area contributed by atoms with Gasteiger partial charge in [-0.3, -0.25) is 4.79 Å². The summed E-state index contributed by atoms with van der Waals surface area (Å²) < 4.78 is 0. The Hall–Kier alpha value is -1.32. The first-order valence-corrected chi connectivity index (χ1v) is 3.85. The van der Waals surface area contributed by atoms with Gasteiger partial charge in [-0.15, -0.1) is 0 Å². The van der Waals surface area contributed by atoms with Crippen molar-refractivity contribution in [1.82, 2.24) is 4.90 Å². The number of ketones is 1. The summed E-state index contributed by atoms with van der Waals surface area (Å²) in [5.74, 6) is -0.693. The highest BCUT2D eigenvalue weighted by atomic mass is 16.4. The van der Waals surface area contributed by atoms with Gasteiger partial charge in [0.15, 0.2) is 0 Å². The number of hydrogen-bond donors (Lipinski definition) is 1. The summed E-state index contributed by atoms with van der Waals surface area (Å²) in [5, 5.41) is 8.32. The first kappa shape index (κ1) is 8.77.